The molecule has 29 heavy (non-hydrogen) atoms. The molecule has 1 aromatic heterocycles. The van der Waals surface area contributed by atoms with Crippen LogP contribution in [0.2, 0.25) is 0 Å². The van der Waals surface area contributed by atoms with Crippen LogP contribution in [0.25, 0.3) is 10.8 Å². The van der Waals surface area contributed by atoms with Crippen LogP contribution in [0.3, 0.4) is 0 Å². The van der Waals surface area contributed by atoms with Gasteiger partial charge in [-0.1, -0.05) is 6.07 Å². The fourth-order valence-electron chi connectivity index (χ4n) is 3.54. The van der Waals surface area contributed by atoms with Gasteiger partial charge in [-0.2, -0.15) is 0 Å². The maximum Gasteiger partial charge on any atom is 0.257 e. The number of hydrogen-bond donors (Lipinski definition) is 0. The summed E-state index contributed by atoms with van der Waals surface area (Å²) in [5.41, 5.74) is 1.10. The molecule has 4 rings (SSSR count). The van der Waals surface area contributed by atoms with Crippen molar-refractivity contribution in [2.24, 2.45) is 0 Å². The Labute approximate surface area is 167 Å². The summed E-state index contributed by atoms with van der Waals surface area (Å²) >= 11 is 0. The first-order valence-electron chi connectivity index (χ1n) is 9.28. The topological polar surface area (TPSA) is 60.9 Å². The Balaban J connectivity index is 1.59. The Morgan fingerprint density at radius 3 is 2.83 bits per heavy atom. The SMILES string of the molecule is COc1cccc(C(=O)N2CCO[C@H](c3cc4cc(F)ccc4cn3)C2)c1OC. The fraction of sp³-hybridized carbons (Fsp3) is 0.273. The molecule has 1 aliphatic heterocycles. The van der Waals surface area contributed by atoms with Crippen molar-refractivity contribution in [3.63, 3.8) is 0 Å². The zero-order valence-electron chi connectivity index (χ0n) is 16.2. The van der Waals surface area contributed by atoms with Crippen molar-refractivity contribution >= 4 is 16.7 Å². The second-order valence-corrected chi connectivity index (χ2v) is 6.75. The molecule has 0 unspecified atom stereocenters. The standard InChI is InChI=1S/C22H21FN2O4/c1-27-19-5-3-4-17(21(19)28-2)22(26)25-8-9-29-20(13-25)18-11-15-10-16(23)7-6-14(15)12-24-18/h3-7,10-12,20H,8-9,13H2,1-2H3/t20-/m0/s1. The van der Waals surface area contributed by atoms with Gasteiger partial charge in [-0.25, -0.2) is 4.39 Å². The molecule has 2 heterocycles. The third-order valence-corrected chi connectivity index (χ3v) is 5.02. The number of carbonyl (C=O) groups is 1. The number of pyridine rings is 1. The van der Waals surface area contributed by atoms with Crippen LogP contribution in [-0.4, -0.2) is 49.7 Å². The summed E-state index contributed by atoms with van der Waals surface area (Å²) < 4.78 is 30.1. The van der Waals surface area contributed by atoms with Crippen molar-refractivity contribution < 1.29 is 23.4 Å². The second kappa shape index (κ2) is 8.05. The summed E-state index contributed by atoms with van der Waals surface area (Å²) in [4.78, 5) is 19.3. The Bertz CT molecular complexity index is 1060. The van der Waals surface area contributed by atoms with E-state index >= 15 is 0 Å². The van der Waals surface area contributed by atoms with Gasteiger partial charge in [0.15, 0.2) is 11.5 Å². The highest BCUT2D eigenvalue weighted by Crippen LogP contribution is 2.33. The number of hydrogen-bond acceptors (Lipinski definition) is 5. The highest BCUT2D eigenvalue weighted by Gasteiger charge is 2.29. The molecule has 0 radical (unpaired) electrons. The quantitative estimate of drug-likeness (QED) is 0.674. The first-order chi connectivity index (χ1) is 14.1. The van der Waals surface area contributed by atoms with Gasteiger partial charge in [0.25, 0.3) is 5.91 Å². The van der Waals surface area contributed by atoms with Crippen LogP contribution in [0, 0.1) is 5.82 Å². The first-order valence-corrected chi connectivity index (χ1v) is 9.28. The van der Waals surface area contributed by atoms with E-state index in [9.17, 15) is 9.18 Å². The lowest BCUT2D eigenvalue weighted by molar-refractivity contribution is -0.0247. The molecule has 1 atom stereocenters. The molecular formula is C22H21FN2O4. The highest BCUT2D eigenvalue weighted by atomic mass is 19.1. The minimum Gasteiger partial charge on any atom is -0.493 e. The molecule has 0 aliphatic carbocycles. The van der Waals surface area contributed by atoms with Crippen LogP contribution >= 0.6 is 0 Å². The lowest BCUT2D eigenvalue weighted by Crippen LogP contribution is -2.42. The molecule has 0 N–H and O–H groups in total. The molecule has 0 bridgehead atoms. The minimum atomic E-state index is -0.392. The maximum atomic E-state index is 13.6. The summed E-state index contributed by atoms with van der Waals surface area (Å²) in [6.07, 6.45) is 1.30. The summed E-state index contributed by atoms with van der Waals surface area (Å²) in [5.74, 6) is 0.436. The summed E-state index contributed by atoms with van der Waals surface area (Å²) in [7, 11) is 3.04. The van der Waals surface area contributed by atoms with Gasteiger partial charge in [0.1, 0.15) is 11.9 Å². The average molecular weight is 396 g/mol. The molecular weight excluding hydrogens is 375 g/mol. The van der Waals surface area contributed by atoms with Gasteiger partial charge in [0.05, 0.1) is 38.6 Å². The first kappa shape index (κ1) is 19.1. The van der Waals surface area contributed by atoms with E-state index in [1.54, 1.807) is 35.4 Å². The van der Waals surface area contributed by atoms with E-state index in [2.05, 4.69) is 4.98 Å². The molecule has 1 amide bonds. The molecule has 6 nitrogen and oxygen atoms in total. The third kappa shape index (κ3) is 3.73. The largest absolute Gasteiger partial charge is 0.493 e. The number of halogens is 1. The number of amides is 1. The Morgan fingerprint density at radius 2 is 2.03 bits per heavy atom. The van der Waals surface area contributed by atoms with Crippen LogP contribution in [-0.2, 0) is 4.74 Å². The number of rotatable bonds is 4. The van der Waals surface area contributed by atoms with E-state index in [1.807, 2.05) is 6.07 Å². The number of para-hydroxylation sites is 1. The summed E-state index contributed by atoms with van der Waals surface area (Å²) in [6, 6.07) is 11.6. The van der Waals surface area contributed by atoms with Crippen LogP contribution in [0.5, 0.6) is 11.5 Å². The number of aromatic nitrogens is 1. The molecule has 0 saturated carbocycles. The number of benzene rings is 2. The summed E-state index contributed by atoms with van der Waals surface area (Å²) in [6.45, 7) is 1.18. The van der Waals surface area contributed by atoms with Crippen LogP contribution < -0.4 is 9.47 Å². The predicted molar refractivity (Wildman–Crippen MR) is 106 cm³/mol. The Kier molecular flexibility index (Phi) is 5.31. The molecule has 0 spiro atoms. The lowest BCUT2D eigenvalue weighted by Gasteiger charge is -2.33. The Hall–Kier alpha value is -3.19. The van der Waals surface area contributed by atoms with E-state index in [0.29, 0.717) is 42.5 Å². The highest BCUT2D eigenvalue weighted by molar-refractivity contribution is 5.98. The monoisotopic (exact) mass is 396 g/mol. The van der Waals surface area contributed by atoms with E-state index in [4.69, 9.17) is 14.2 Å². The van der Waals surface area contributed by atoms with Gasteiger partial charge < -0.3 is 19.1 Å². The molecule has 1 aliphatic rings. The molecule has 150 valence electrons. The van der Waals surface area contributed by atoms with Gasteiger partial charge >= 0.3 is 0 Å². The Morgan fingerprint density at radius 1 is 1.17 bits per heavy atom. The predicted octanol–water partition coefficient (Wildman–Crippen LogP) is 3.60. The van der Waals surface area contributed by atoms with Gasteiger partial charge in [-0.05, 0) is 41.8 Å². The van der Waals surface area contributed by atoms with Crippen LogP contribution in [0.4, 0.5) is 4.39 Å². The van der Waals surface area contributed by atoms with E-state index in [1.165, 1.54) is 26.4 Å². The molecule has 3 aromatic rings. The number of carbonyl (C=O) groups excluding carboxylic acids is 1. The van der Waals surface area contributed by atoms with E-state index in [0.717, 1.165) is 10.8 Å². The second-order valence-electron chi connectivity index (χ2n) is 6.75. The lowest BCUT2D eigenvalue weighted by atomic mass is 10.1. The van der Waals surface area contributed by atoms with Crippen molar-refractivity contribution in [3.8, 4) is 11.5 Å². The van der Waals surface area contributed by atoms with Crippen LogP contribution in [0.15, 0.2) is 48.7 Å². The van der Waals surface area contributed by atoms with Crippen molar-refractivity contribution in [2.45, 2.75) is 6.10 Å². The number of fused-ring (bicyclic) bond motifs is 1. The third-order valence-electron chi connectivity index (χ3n) is 5.02. The number of ether oxygens (including phenoxy) is 3. The normalized spacial score (nSPS) is 16.7. The van der Waals surface area contributed by atoms with Gasteiger partial charge in [-0.3, -0.25) is 9.78 Å². The van der Waals surface area contributed by atoms with Gasteiger partial charge in [0.2, 0.25) is 0 Å². The average Bonchev–Trinajstić information content (AvgIpc) is 2.77. The number of nitrogens with zero attached hydrogens (tertiary/aromatic N) is 2. The molecule has 2 aromatic carbocycles. The fourth-order valence-corrected chi connectivity index (χ4v) is 3.54. The van der Waals surface area contributed by atoms with Gasteiger partial charge in [0, 0.05) is 18.1 Å². The molecule has 7 heteroatoms. The van der Waals surface area contributed by atoms with Crippen molar-refractivity contribution in [1.29, 1.82) is 0 Å². The van der Waals surface area contributed by atoms with Crippen molar-refractivity contribution in [1.82, 2.24) is 9.88 Å². The molecule has 1 fully saturated rings. The number of methoxy groups -OCH3 is 2. The zero-order chi connectivity index (χ0) is 20.4. The summed E-state index contributed by atoms with van der Waals surface area (Å²) in [5, 5.41) is 1.59. The smallest absolute Gasteiger partial charge is 0.257 e. The van der Waals surface area contributed by atoms with Crippen molar-refractivity contribution in [2.75, 3.05) is 33.9 Å². The maximum absolute atomic E-state index is 13.6. The minimum absolute atomic E-state index is 0.166. The zero-order valence-corrected chi connectivity index (χ0v) is 16.2. The van der Waals surface area contributed by atoms with Crippen LogP contribution in [0.1, 0.15) is 22.2 Å². The molecule has 1 saturated heterocycles. The van der Waals surface area contributed by atoms with E-state index < -0.39 is 6.10 Å². The van der Waals surface area contributed by atoms with E-state index in [-0.39, 0.29) is 11.7 Å². The van der Waals surface area contributed by atoms with Gasteiger partial charge in [-0.15, -0.1) is 0 Å². The number of morpholine rings is 1. The van der Waals surface area contributed by atoms with Crippen molar-refractivity contribution in [3.05, 3.63) is 65.7 Å².